The molecule has 156 valence electrons. The summed E-state index contributed by atoms with van der Waals surface area (Å²) < 4.78 is 0. The number of anilines is 1. The molecule has 0 unspecified atom stereocenters. The largest absolute Gasteiger partial charge is 0.378 e. The predicted molar refractivity (Wildman–Crippen MR) is 119 cm³/mol. The lowest BCUT2D eigenvalue weighted by Crippen LogP contribution is -2.40. The van der Waals surface area contributed by atoms with Crippen molar-refractivity contribution in [2.45, 2.75) is 13.0 Å². The normalized spacial score (nSPS) is 15.1. The van der Waals surface area contributed by atoms with Gasteiger partial charge in [0.2, 0.25) is 5.91 Å². The van der Waals surface area contributed by atoms with E-state index < -0.39 is 0 Å². The molecule has 6 nitrogen and oxygen atoms in total. The van der Waals surface area contributed by atoms with Crippen LogP contribution in [-0.2, 0) is 11.3 Å². The van der Waals surface area contributed by atoms with Crippen molar-refractivity contribution in [2.75, 3.05) is 58.8 Å². The summed E-state index contributed by atoms with van der Waals surface area (Å²) in [5.74, 6) is 0.206. The lowest BCUT2D eigenvalue weighted by Gasteiger charge is -2.24. The highest BCUT2D eigenvalue weighted by atomic mass is 32.1. The Bertz CT molecular complexity index is 805. The fourth-order valence-corrected chi connectivity index (χ4v) is 4.10. The molecule has 1 aliphatic heterocycles. The summed E-state index contributed by atoms with van der Waals surface area (Å²) in [6, 6.07) is 10.2. The second kappa shape index (κ2) is 9.89. The maximum atomic E-state index is 12.7. The van der Waals surface area contributed by atoms with Crippen molar-refractivity contribution < 1.29 is 9.59 Å². The van der Waals surface area contributed by atoms with Crippen molar-refractivity contribution in [1.29, 1.82) is 0 Å². The van der Waals surface area contributed by atoms with Crippen LogP contribution in [0.3, 0.4) is 0 Å². The van der Waals surface area contributed by atoms with E-state index in [0.29, 0.717) is 19.6 Å². The zero-order valence-electron chi connectivity index (χ0n) is 17.5. The second-order valence-electron chi connectivity index (χ2n) is 7.74. The van der Waals surface area contributed by atoms with Crippen LogP contribution in [0, 0.1) is 0 Å². The van der Waals surface area contributed by atoms with Crippen LogP contribution in [0.1, 0.15) is 22.3 Å². The van der Waals surface area contributed by atoms with Gasteiger partial charge in [-0.05, 0) is 35.6 Å². The zero-order valence-corrected chi connectivity index (χ0v) is 18.3. The first kappa shape index (κ1) is 21.3. The number of nitrogens with zero attached hydrogens (tertiary/aromatic N) is 4. The Morgan fingerprint density at radius 3 is 2.41 bits per heavy atom. The molecular weight excluding hydrogens is 384 g/mol. The van der Waals surface area contributed by atoms with Gasteiger partial charge in [0.25, 0.3) is 5.91 Å². The van der Waals surface area contributed by atoms with E-state index in [2.05, 4.69) is 34.1 Å². The van der Waals surface area contributed by atoms with Gasteiger partial charge in [0.15, 0.2) is 0 Å². The molecular formula is C22H30N4O2S. The van der Waals surface area contributed by atoms with Crippen LogP contribution in [0.4, 0.5) is 5.69 Å². The molecule has 7 heteroatoms. The monoisotopic (exact) mass is 414 g/mol. The number of carbonyl (C=O) groups excluding carboxylic acids is 2. The minimum atomic E-state index is 0.0951. The van der Waals surface area contributed by atoms with Crippen molar-refractivity contribution in [3.63, 3.8) is 0 Å². The number of rotatable bonds is 6. The molecule has 2 aromatic rings. The molecule has 1 fully saturated rings. The maximum Gasteiger partial charge on any atom is 0.254 e. The first-order valence-electron chi connectivity index (χ1n) is 9.98. The highest BCUT2D eigenvalue weighted by Gasteiger charge is 2.22. The van der Waals surface area contributed by atoms with Gasteiger partial charge in [-0.1, -0.05) is 12.1 Å². The van der Waals surface area contributed by atoms with Gasteiger partial charge in [-0.15, -0.1) is 0 Å². The van der Waals surface area contributed by atoms with Gasteiger partial charge in [-0.3, -0.25) is 14.5 Å². The van der Waals surface area contributed by atoms with Crippen molar-refractivity contribution in [1.82, 2.24) is 14.7 Å². The summed E-state index contributed by atoms with van der Waals surface area (Å²) in [5, 5.41) is 3.83. The van der Waals surface area contributed by atoms with Crippen LogP contribution in [0.2, 0.25) is 0 Å². The van der Waals surface area contributed by atoms with Crippen LogP contribution in [0.25, 0.3) is 0 Å². The Kier molecular flexibility index (Phi) is 7.28. The fraction of sp³-hybridized carbons (Fsp3) is 0.455. The van der Waals surface area contributed by atoms with Gasteiger partial charge in [0, 0.05) is 64.9 Å². The van der Waals surface area contributed by atoms with Gasteiger partial charge in [0.1, 0.15) is 0 Å². The number of likely N-dealkylation sites (N-methyl/N-ethyl adjacent to an activating group) is 1. The third-order valence-electron chi connectivity index (χ3n) is 5.30. The van der Waals surface area contributed by atoms with Crippen LogP contribution in [0.5, 0.6) is 0 Å². The molecule has 29 heavy (non-hydrogen) atoms. The highest BCUT2D eigenvalue weighted by Crippen LogP contribution is 2.14. The second-order valence-corrected chi connectivity index (χ2v) is 8.52. The van der Waals surface area contributed by atoms with Crippen LogP contribution in [-0.4, -0.2) is 80.4 Å². The van der Waals surface area contributed by atoms with E-state index in [0.717, 1.165) is 42.9 Å². The summed E-state index contributed by atoms with van der Waals surface area (Å²) in [6.45, 7) is 3.97. The number of thiophene rings is 1. The van der Waals surface area contributed by atoms with Crippen LogP contribution < -0.4 is 4.90 Å². The van der Waals surface area contributed by atoms with Gasteiger partial charge >= 0.3 is 0 Å². The van der Waals surface area contributed by atoms with E-state index >= 15 is 0 Å². The number of hydrogen-bond donors (Lipinski definition) is 0. The molecule has 1 aliphatic rings. The van der Waals surface area contributed by atoms with Crippen molar-refractivity contribution >= 4 is 28.8 Å². The first-order chi connectivity index (χ1) is 13.9. The van der Waals surface area contributed by atoms with Gasteiger partial charge in [0.05, 0.1) is 12.1 Å². The number of benzene rings is 1. The summed E-state index contributed by atoms with van der Waals surface area (Å²) >= 11 is 1.54. The minimum Gasteiger partial charge on any atom is -0.378 e. The highest BCUT2D eigenvalue weighted by molar-refractivity contribution is 7.08. The lowest BCUT2D eigenvalue weighted by atomic mass is 10.2. The van der Waals surface area contributed by atoms with E-state index in [1.807, 2.05) is 42.9 Å². The van der Waals surface area contributed by atoms with Crippen LogP contribution >= 0.6 is 11.3 Å². The molecule has 3 rings (SSSR count). The number of carbonyl (C=O) groups is 2. The average Bonchev–Trinajstić information content (AvgIpc) is 3.15. The minimum absolute atomic E-state index is 0.0951. The summed E-state index contributed by atoms with van der Waals surface area (Å²) in [4.78, 5) is 33.2. The quantitative estimate of drug-likeness (QED) is 0.729. The Morgan fingerprint density at radius 1 is 1.00 bits per heavy atom. The van der Waals surface area contributed by atoms with E-state index in [-0.39, 0.29) is 11.8 Å². The Morgan fingerprint density at radius 2 is 1.76 bits per heavy atom. The van der Waals surface area contributed by atoms with Gasteiger partial charge in [-0.2, -0.15) is 11.3 Å². The fourth-order valence-electron chi connectivity index (χ4n) is 3.47. The molecule has 1 aromatic carbocycles. The Hall–Kier alpha value is -2.38. The number of hydrogen-bond acceptors (Lipinski definition) is 5. The molecule has 0 bridgehead atoms. The standard InChI is InChI=1S/C22H30N4O2S/c1-23(2)20-7-5-18(6-8-20)15-24(3)21(27)16-25-10-4-11-26(13-12-25)22(28)19-9-14-29-17-19/h5-9,14,17H,4,10-13,15-16H2,1-3H3. The Balaban J connectivity index is 1.49. The van der Waals surface area contributed by atoms with Crippen molar-refractivity contribution in [3.05, 3.63) is 52.2 Å². The molecule has 1 saturated heterocycles. The first-order valence-corrected chi connectivity index (χ1v) is 10.9. The predicted octanol–water partition coefficient (Wildman–Crippen LogP) is 2.62. The Labute approximate surface area is 177 Å². The molecule has 0 saturated carbocycles. The van der Waals surface area contributed by atoms with Crippen molar-refractivity contribution in [2.24, 2.45) is 0 Å². The molecule has 0 spiro atoms. The molecule has 2 amide bonds. The molecule has 0 radical (unpaired) electrons. The summed E-state index contributed by atoms with van der Waals surface area (Å²) in [7, 11) is 5.88. The van der Waals surface area contributed by atoms with Gasteiger partial charge in [-0.25, -0.2) is 0 Å². The van der Waals surface area contributed by atoms with E-state index in [1.165, 1.54) is 0 Å². The van der Waals surface area contributed by atoms with Gasteiger partial charge < -0.3 is 14.7 Å². The number of amides is 2. The van der Waals surface area contributed by atoms with E-state index in [9.17, 15) is 9.59 Å². The molecule has 0 aliphatic carbocycles. The SMILES string of the molecule is CN(Cc1ccc(N(C)C)cc1)C(=O)CN1CCCN(C(=O)c2ccsc2)CC1. The average molecular weight is 415 g/mol. The third kappa shape index (κ3) is 5.81. The smallest absolute Gasteiger partial charge is 0.254 e. The molecule has 0 N–H and O–H groups in total. The summed E-state index contributed by atoms with van der Waals surface area (Å²) in [5.41, 5.74) is 3.03. The topological polar surface area (TPSA) is 47.1 Å². The molecule has 2 heterocycles. The maximum absolute atomic E-state index is 12.7. The lowest BCUT2D eigenvalue weighted by molar-refractivity contribution is -0.131. The van der Waals surface area contributed by atoms with Crippen molar-refractivity contribution in [3.8, 4) is 0 Å². The van der Waals surface area contributed by atoms with E-state index in [4.69, 9.17) is 0 Å². The van der Waals surface area contributed by atoms with Crippen LogP contribution in [0.15, 0.2) is 41.1 Å². The van der Waals surface area contributed by atoms with E-state index in [1.54, 1.807) is 16.2 Å². The molecule has 1 aromatic heterocycles. The molecule has 0 atom stereocenters. The third-order valence-corrected chi connectivity index (χ3v) is 5.98. The zero-order chi connectivity index (χ0) is 20.8. The summed E-state index contributed by atoms with van der Waals surface area (Å²) in [6.07, 6.45) is 0.888.